The predicted molar refractivity (Wildman–Crippen MR) is 89.8 cm³/mol. The number of aromatic hydroxyl groups is 1. The molecule has 0 atom stereocenters. The number of hydrogen-bond acceptors (Lipinski definition) is 5. The zero-order valence-electron chi connectivity index (χ0n) is 13.2. The minimum atomic E-state index is -0.168. The Balaban J connectivity index is 1.68. The Hall–Kier alpha value is -2.66. The highest BCUT2D eigenvalue weighted by molar-refractivity contribution is 6.14. The summed E-state index contributed by atoms with van der Waals surface area (Å²) in [5.74, 6) is 0.733. The molecule has 0 spiro atoms. The molecular formula is C19H18N2O3. The molecule has 0 amide bonds. The van der Waals surface area contributed by atoms with E-state index in [0.717, 1.165) is 13.1 Å². The number of ether oxygens (including phenoxy) is 1. The van der Waals surface area contributed by atoms with Gasteiger partial charge in [-0.3, -0.25) is 14.7 Å². The molecule has 0 bridgehead atoms. The van der Waals surface area contributed by atoms with Gasteiger partial charge in [0.15, 0.2) is 5.76 Å². The van der Waals surface area contributed by atoms with E-state index in [1.807, 2.05) is 18.2 Å². The Labute approximate surface area is 140 Å². The Bertz CT molecular complexity index is 809. The fourth-order valence-corrected chi connectivity index (χ4v) is 3.21. The second-order valence-electron chi connectivity index (χ2n) is 6.12. The summed E-state index contributed by atoms with van der Waals surface area (Å²) in [6, 6.07) is 8.70. The molecule has 2 aliphatic heterocycles. The van der Waals surface area contributed by atoms with Gasteiger partial charge in [0, 0.05) is 18.8 Å². The maximum Gasteiger partial charge on any atom is 0.232 e. The number of aromatic nitrogens is 1. The first-order valence-electron chi connectivity index (χ1n) is 8.15. The molecule has 1 aromatic heterocycles. The van der Waals surface area contributed by atoms with E-state index in [0.29, 0.717) is 29.1 Å². The maximum absolute atomic E-state index is 12.6. The number of carbonyl (C=O) groups excluding carboxylic acids is 1. The number of phenolic OH excluding ortho intramolecular Hbond substituents is 1. The smallest absolute Gasteiger partial charge is 0.232 e. The lowest BCUT2D eigenvalue weighted by molar-refractivity contribution is 0.101. The molecular weight excluding hydrogens is 304 g/mol. The van der Waals surface area contributed by atoms with Gasteiger partial charge in [-0.1, -0.05) is 6.07 Å². The Kier molecular flexibility index (Phi) is 3.78. The van der Waals surface area contributed by atoms with Crippen molar-refractivity contribution in [3.63, 3.8) is 0 Å². The summed E-state index contributed by atoms with van der Waals surface area (Å²) in [6.07, 6.45) is 5.64. The van der Waals surface area contributed by atoms with E-state index >= 15 is 0 Å². The van der Waals surface area contributed by atoms with E-state index in [9.17, 15) is 9.90 Å². The highest BCUT2D eigenvalue weighted by Crippen LogP contribution is 2.40. The molecule has 0 aliphatic carbocycles. The van der Waals surface area contributed by atoms with Crippen LogP contribution in [0.3, 0.4) is 0 Å². The molecule has 1 fully saturated rings. The summed E-state index contributed by atoms with van der Waals surface area (Å²) in [4.78, 5) is 19.0. The number of likely N-dealkylation sites (tertiary alicyclic amines) is 1. The van der Waals surface area contributed by atoms with E-state index in [1.54, 1.807) is 24.4 Å². The summed E-state index contributed by atoms with van der Waals surface area (Å²) >= 11 is 0. The van der Waals surface area contributed by atoms with Gasteiger partial charge in [-0.15, -0.1) is 0 Å². The average molecular weight is 322 g/mol. The molecule has 1 aromatic carbocycles. The number of rotatable bonds is 3. The highest BCUT2D eigenvalue weighted by atomic mass is 16.5. The molecule has 1 saturated heterocycles. The van der Waals surface area contributed by atoms with Gasteiger partial charge in [0.1, 0.15) is 11.5 Å². The lowest BCUT2D eigenvalue weighted by atomic mass is 10.0. The summed E-state index contributed by atoms with van der Waals surface area (Å²) in [5.41, 5.74) is 1.86. The van der Waals surface area contributed by atoms with Crippen molar-refractivity contribution in [2.24, 2.45) is 0 Å². The van der Waals surface area contributed by atoms with Crippen molar-refractivity contribution in [3.05, 3.63) is 59.1 Å². The van der Waals surface area contributed by atoms with Crippen LogP contribution in [-0.4, -0.2) is 33.9 Å². The Morgan fingerprint density at radius 2 is 2.04 bits per heavy atom. The molecule has 3 heterocycles. The normalized spacial score (nSPS) is 18.8. The summed E-state index contributed by atoms with van der Waals surface area (Å²) in [7, 11) is 0. The predicted octanol–water partition coefficient (Wildman–Crippen LogP) is 3.00. The van der Waals surface area contributed by atoms with E-state index in [2.05, 4.69) is 9.88 Å². The van der Waals surface area contributed by atoms with Crippen molar-refractivity contribution in [2.75, 3.05) is 13.1 Å². The number of phenols is 1. The first-order valence-corrected chi connectivity index (χ1v) is 8.15. The van der Waals surface area contributed by atoms with E-state index in [-0.39, 0.29) is 17.3 Å². The van der Waals surface area contributed by atoms with Crippen LogP contribution in [0.1, 0.15) is 34.5 Å². The van der Waals surface area contributed by atoms with Crippen molar-refractivity contribution in [1.29, 1.82) is 0 Å². The van der Waals surface area contributed by atoms with Crippen molar-refractivity contribution in [2.45, 2.75) is 19.4 Å². The van der Waals surface area contributed by atoms with Crippen LogP contribution in [0.5, 0.6) is 11.5 Å². The van der Waals surface area contributed by atoms with Gasteiger partial charge in [0.25, 0.3) is 0 Å². The minimum Gasteiger partial charge on any atom is -0.507 e. The number of fused-ring (bicyclic) bond motifs is 1. The van der Waals surface area contributed by atoms with Gasteiger partial charge in [0.05, 0.1) is 16.8 Å². The van der Waals surface area contributed by atoms with Gasteiger partial charge in [-0.05, 0) is 50.2 Å². The first-order chi connectivity index (χ1) is 11.7. The molecule has 0 radical (unpaired) electrons. The zero-order chi connectivity index (χ0) is 16.5. The summed E-state index contributed by atoms with van der Waals surface area (Å²) in [5, 5.41) is 10.2. The number of carbonyl (C=O) groups is 1. The SMILES string of the molecule is O=C1/C(=C/c2ccccn2)Oc2c1ccc(O)c2CN1CCCC1. The Morgan fingerprint density at radius 1 is 1.21 bits per heavy atom. The monoisotopic (exact) mass is 322 g/mol. The van der Waals surface area contributed by atoms with Crippen LogP contribution in [0.4, 0.5) is 0 Å². The number of hydrogen-bond donors (Lipinski definition) is 1. The number of nitrogens with zero attached hydrogens (tertiary/aromatic N) is 2. The molecule has 2 aromatic rings. The van der Waals surface area contributed by atoms with Crippen LogP contribution < -0.4 is 4.74 Å². The summed E-state index contributed by atoms with van der Waals surface area (Å²) in [6.45, 7) is 2.61. The average Bonchev–Trinajstić information content (AvgIpc) is 3.21. The summed E-state index contributed by atoms with van der Waals surface area (Å²) < 4.78 is 5.83. The number of benzene rings is 1. The maximum atomic E-state index is 12.6. The minimum absolute atomic E-state index is 0.168. The number of pyridine rings is 1. The van der Waals surface area contributed by atoms with Crippen LogP contribution >= 0.6 is 0 Å². The number of Topliss-reactive ketones (excluding diaryl/α,β-unsaturated/α-hetero) is 1. The first kappa shape index (κ1) is 14.9. The second kappa shape index (κ2) is 6.09. The molecule has 4 rings (SSSR count). The highest BCUT2D eigenvalue weighted by Gasteiger charge is 2.32. The standard InChI is InChI=1S/C19H18N2O3/c22-16-7-6-14-18(23)17(11-13-5-1-2-8-20-13)24-19(14)15(16)12-21-9-3-4-10-21/h1-2,5-8,11,22H,3-4,9-10,12H2/b17-11-. The van der Waals surface area contributed by atoms with Gasteiger partial charge < -0.3 is 9.84 Å². The van der Waals surface area contributed by atoms with Crippen LogP contribution in [0.15, 0.2) is 42.3 Å². The molecule has 0 unspecified atom stereocenters. The second-order valence-corrected chi connectivity index (χ2v) is 6.12. The van der Waals surface area contributed by atoms with Gasteiger partial charge in [-0.2, -0.15) is 0 Å². The molecule has 1 N–H and O–H groups in total. The van der Waals surface area contributed by atoms with E-state index in [4.69, 9.17) is 4.74 Å². The zero-order valence-corrected chi connectivity index (χ0v) is 13.2. The van der Waals surface area contributed by atoms with E-state index in [1.165, 1.54) is 12.8 Å². The lowest BCUT2D eigenvalue weighted by Crippen LogP contribution is -2.18. The number of allylic oxidation sites excluding steroid dienone is 1. The lowest BCUT2D eigenvalue weighted by Gasteiger charge is -2.17. The molecule has 24 heavy (non-hydrogen) atoms. The van der Waals surface area contributed by atoms with Crippen molar-refractivity contribution in [3.8, 4) is 11.5 Å². The quantitative estimate of drug-likeness (QED) is 0.880. The third-order valence-corrected chi connectivity index (χ3v) is 4.46. The van der Waals surface area contributed by atoms with Crippen LogP contribution in [0, 0.1) is 0 Å². The van der Waals surface area contributed by atoms with Gasteiger partial charge >= 0.3 is 0 Å². The van der Waals surface area contributed by atoms with Gasteiger partial charge in [-0.25, -0.2) is 0 Å². The number of ketones is 1. The Morgan fingerprint density at radius 3 is 2.79 bits per heavy atom. The third kappa shape index (κ3) is 2.67. The molecule has 5 nitrogen and oxygen atoms in total. The molecule has 2 aliphatic rings. The molecule has 5 heteroatoms. The van der Waals surface area contributed by atoms with Crippen molar-refractivity contribution in [1.82, 2.24) is 9.88 Å². The van der Waals surface area contributed by atoms with Gasteiger partial charge in [0.2, 0.25) is 5.78 Å². The molecule has 122 valence electrons. The molecule has 0 saturated carbocycles. The van der Waals surface area contributed by atoms with Crippen LogP contribution in [0.25, 0.3) is 6.08 Å². The fourth-order valence-electron chi connectivity index (χ4n) is 3.21. The van der Waals surface area contributed by atoms with Crippen LogP contribution in [0.2, 0.25) is 0 Å². The topological polar surface area (TPSA) is 62.7 Å². The van der Waals surface area contributed by atoms with Crippen molar-refractivity contribution >= 4 is 11.9 Å². The third-order valence-electron chi connectivity index (χ3n) is 4.46. The fraction of sp³-hybridized carbons (Fsp3) is 0.263. The van der Waals surface area contributed by atoms with Crippen molar-refractivity contribution < 1.29 is 14.6 Å². The van der Waals surface area contributed by atoms with E-state index < -0.39 is 0 Å². The largest absolute Gasteiger partial charge is 0.507 e. The van der Waals surface area contributed by atoms with Crippen LogP contribution in [-0.2, 0) is 6.54 Å².